The molecule has 0 spiro atoms. The van der Waals surface area contributed by atoms with Gasteiger partial charge in [0.2, 0.25) is 0 Å². The molecule has 0 heterocycles. The van der Waals surface area contributed by atoms with Crippen molar-refractivity contribution in [2.24, 2.45) is 0 Å². The Balaban J connectivity index is 2.20. The molecule has 0 atom stereocenters. The van der Waals surface area contributed by atoms with E-state index in [1.165, 1.54) is 5.69 Å². The number of hydrogen-bond acceptors (Lipinski definition) is 4. The molecular weight excluding hydrogens is 242 g/mol. The summed E-state index contributed by atoms with van der Waals surface area (Å²) in [7, 11) is 0. The van der Waals surface area contributed by atoms with Gasteiger partial charge in [0.05, 0.1) is 33.0 Å². The van der Waals surface area contributed by atoms with Crippen LogP contribution in [0.1, 0.15) is 13.3 Å². The number of aliphatic hydroxyl groups excluding tert-OH is 1. The molecule has 19 heavy (non-hydrogen) atoms. The SMILES string of the molecule is CCCN(CCOCCOCCO)c1ccccc1. The molecule has 4 nitrogen and oxygen atoms in total. The fourth-order valence-corrected chi connectivity index (χ4v) is 1.84. The van der Waals surface area contributed by atoms with E-state index in [2.05, 4.69) is 36.1 Å². The van der Waals surface area contributed by atoms with Crippen molar-refractivity contribution in [2.75, 3.05) is 51.0 Å². The van der Waals surface area contributed by atoms with Crippen molar-refractivity contribution in [2.45, 2.75) is 13.3 Å². The lowest BCUT2D eigenvalue weighted by Gasteiger charge is -2.24. The van der Waals surface area contributed by atoms with Crippen LogP contribution < -0.4 is 4.90 Å². The van der Waals surface area contributed by atoms with Gasteiger partial charge in [0.25, 0.3) is 0 Å². The molecule has 108 valence electrons. The van der Waals surface area contributed by atoms with E-state index >= 15 is 0 Å². The van der Waals surface area contributed by atoms with E-state index in [-0.39, 0.29) is 6.61 Å². The molecule has 1 aromatic rings. The number of aliphatic hydroxyl groups is 1. The summed E-state index contributed by atoms with van der Waals surface area (Å²) >= 11 is 0. The van der Waals surface area contributed by atoms with Crippen LogP contribution in [0.2, 0.25) is 0 Å². The van der Waals surface area contributed by atoms with Gasteiger partial charge in [-0.25, -0.2) is 0 Å². The zero-order chi connectivity index (χ0) is 13.8. The maximum Gasteiger partial charge on any atom is 0.0701 e. The van der Waals surface area contributed by atoms with Crippen molar-refractivity contribution >= 4 is 5.69 Å². The van der Waals surface area contributed by atoms with Crippen LogP contribution in [-0.2, 0) is 9.47 Å². The van der Waals surface area contributed by atoms with Crippen LogP contribution in [0.5, 0.6) is 0 Å². The summed E-state index contributed by atoms with van der Waals surface area (Å²) < 4.78 is 10.7. The predicted octanol–water partition coefficient (Wildman–Crippen LogP) is 1.93. The number of ether oxygens (including phenoxy) is 2. The highest BCUT2D eigenvalue weighted by Crippen LogP contribution is 2.12. The van der Waals surface area contributed by atoms with Gasteiger partial charge in [-0.05, 0) is 18.6 Å². The number of hydrogen-bond donors (Lipinski definition) is 1. The van der Waals surface area contributed by atoms with Crippen LogP contribution in [0.3, 0.4) is 0 Å². The van der Waals surface area contributed by atoms with Gasteiger partial charge in [-0.15, -0.1) is 0 Å². The van der Waals surface area contributed by atoms with E-state index in [0.29, 0.717) is 26.4 Å². The lowest BCUT2D eigenvalue weighted by molar-refractivity contribution is 0.0351. The molecule has 0 aliphatic heterocycles. The third-order valence-electron chi connectivity index (χ3n) is 2.73. The fourth-order valence-electron chi connectivity index (χ4n) is 1.84. The summed E-state index contributed by atoms with van der Waals surface area (Å²) in [5, 5.41) is 8.55. The molecule has 1 N–H and O–H groups in total. The van der Waals surface area contributed by atoms with Crippen LogP contribution in [-0.4, -0.2) is 51.2 Å². The van der Waals surface area contributed by atoms with Crippen molar-refractivity contribution in [3.63, 3.8) is 0 Å². The summed E-state index contributed by atoms with van der Waals surface area (Å²) in [6, 6.07) is 10.4. The lowest BCUT2D eigenvalue weighted by Crippen LogP contribution is -2.28. The molecule has 0 unspecified atom stereocenters. The van der Waals surface area contributed by atoms with E-state index in [4.69, 9.17) is 14.6 Å². The van der Waals surface area contributed by atoms with Crippen LogP contribution in [0.25, 0.3) is 0 Å². The first-order valence-electron chi connectivity index (χ1n) is 6.94. The second-order valence-electron chi connectivity index (χ2n) is 4.27. The van der Waals surface area contributed by atoms with Gasteiger partial charge in [0.1, 0.15) is 0 Å². The molecule has 0 saturated carbocycles. The Morgan fingerprint density at radius 2 is 1.63 bits per heavy atom. The Hall–Kier alpha value is -1.10. The molecule has 1 rings (SSSR count). The van der Waals surface area contributed by atoms with Crippen LogP contribution in [0.4, 0.5) is 5.69 Å². The molecule has 0 bridgehead atoms. The van der Waals surface area contributed by atoms with E-state index < -0.39 is 0 Å². The zero-order valence-corrected chi connectivity index (χ0v) is 11.8. The van der Waals surface area contributed by atoms with Crippen molar-refractivity contribution in [3.8, 4) is 0 Å². The number of anilines is 1. The summed E-state index contributed by atoms with van der Waals surface area (Å²) in [5.41, 5.74) is 1.24. The number of rotatable bonds is 11. The normalized spacial score (nSPS) is 10.6. The van der Waals surface area contributed by atoms with Crippen molar-refractivity contribution < 1.29 is 14.6 Å². The summed E-state index contributed by atoms with van der Waals surface area (Å²) in [6.07, 6.45) is 1.12. The van der Waals surface area contributed by atoms with Crippen molar-refractivity contribution in [1.82, 2.24) is 0 Å². The minimum absolute atomic E-state index is 0.0677. The summed E-state index contributed by atoms with van der Waals surface area (Å²) in [5.74, 6) is 0. The van der Waals surface area contributed by atoms with E-state index in [0.717, 1.165) is 19.5 Å². The number of nitrogens with zero attached hydrogens (tertiary/aromatic N) is 1. The molecule has 0 radical (unpaired) electrons. The van der Waals surface area contributed by atoms with E-state index in [9.17, 15) is 0 Å². The van der Waals surface area contributed by atoms with Crippen molar-refractivity contribution in [1.29, 1.82) is 0 Å². The highest BCUT2D eigenvalue weighted by atomic mass is 16.5. The number of benzene rings is 1. The van der Waals surface area contributed by atoms with Gasteiger partial charge in [0, 0.05) is 18.8 Å². The molecule has 0 aromatic heterocycles. The van der Waals surface area contributed by atoms with Gasteiger partial charge in [-0.3, -0.25) is 0 Å². The molecule has 0 fully saturated rings. The monoisotopic (exact) mass is 267 g/mol. The molecular formula is C15H25NO3. The van der Waals surface area contributed by atoms with Gasteiger partial charge < -0.3 is 19.5 Å². The highest BCUT2D eigenvalue weighted by molar-refractivity contribution is 5.45. The Morgan fingerprint density at radius 3 is 2.26 bits per heavy atom. The molecule has 4 heteroatoms. The molecule has 0 saturated heterocycles. The molecule has 0 aliphatic carbocycles. The zero-order valence-electron chi connectivity index (χ0n) is 11.8. The van der Waals surface area contributed by atoms with E-state index in [1.54, 1.807) is 0 Å². The predicted molar refractivity (Wildman–Crippen MR) is 77.7 cm³/mol. The molecule has 0 aliphatic rings. The van der Waals surface area contributed by atoms with Gasteiger partial charge in [-0.1, -0.05) is 25.1 Å². The minimum atomic E-state index is 0.0677. The van der Waals surface area contributed by atoms with Gasteiger partial charge >= 0.3 is 0 Å². The Bertz CT molecular complexity index is 306. The van der Waals surface area contributed by atoms with Gasteiger partial charge in [0.15, 0.2) is 0 Å². The maximum atomic E-state index is 8.55. The Kier molecular flexibility index (Phi) is 9.06. The first kappa shape index (κ1) is 16.0. The van der Waals surface area contributed by atoms with Crippen LogP contribution >= 0.6 is 0 Å². The summed E-state index contributed by atoms with van der Waals surface area (Å²) in [4.78, 5) is 2.33. The van der Waals surface area contributed by atoms with Crippen LogP contribution in [0.15, 0.2) is 30.3 Å². The maximum absolute atomic E-state index is 8.55. The summed E-state index contributed by atoms with van der Waals surface area (Å²) in [6.45, 7) is 6.37. The van der Waals surface area contributed by atoms with Crippen molar-refractivity contribution in [3.05, 3.63) is 30.3 Å². The first-order valence-corrected chi connectivity index (χ1v) is 6.94. The molecule has 0 amide bonds. The Labute approximate surface area is 115 Å². The lowest BCUT2D eigenvalue weighted by atomic mass is 10.2. The second kappa shape index (κ2) is 10.8. The topological polar surface area (TPSA) is 41.9 Å². The average molecular weight is 267 g/mol. The number of para-hydroxylation sites is 1. The third kappa shape index (κ3) is 7.15. The molecule has 1 aromatic carbocycles. The standard InChI is InChI=1S/C15H25NO3/c1-2-8-16(15-6-4-3-5-7-15)9-11-18-13-14-19-12-10-17/h3-7,17H,2,8-14H2,1H3. The first-order chi connectivity index (χ1) is 9.38. The third-order valence-corrected chi connectivity index (χ3v) is 2.73. The van der Waals surface area contributed by atoms with Crippen LogP contribution in [0, 0.1) is 0 Å². The fraction of sp³-hybridized carbons (Fsp3) is 0.600. The van der Waals surface area contributed by atoms with E-state index in [1.807, 2.05) is 6.07 Å². The average Bonchev–Trinajstić information content (AvgIpc) is 2.46. The quantitative estimate of drug-likeness (QED) is 0.622. The Morgan fingerprint density at radius 1 is 0.947 bits per heavy atom. The van der Waals surface area contributed by atoms with Gasteiger partial charge in [-0.2, -0.15) is 0 Å². The smallest absolute Gasteiger partial charge is 0.0701 e. The largest absolute Gasteiger partial charge is 0.394 e. The minimum Gasteiger partial charge on any atom is -0.394 e. The highest BCUT2D eigenvalue weighted by Gasteiger charge is 2.04. The second-order valence-corrected chi connectivity index (χ2v) is 4.27.